The standard InChI is InChI=1S/C21H20N4O5S2/c1-11(2)18(23-19-12-5-3-4-6-17(12)32(27,28)25-19)20(26)24-21-22-13-9-14-15(10-16(13)31-21)30-8-7-29-14/h3-6,9-11,18H,7-8H2,1-2H3,(H,23,25)(H,22,24,26)/t18-/m0/s1. The summed E-state index contributed by atoms with van der Waals surface area (Å²) in [4.78, 5) is 22.2. The Morgan fingerprint density at radius 3 is 2.66 bits per heavy atom. The first kappa shape index (κ1) is 20.7. The Morgan fingerprint density at radius 1 is 1.19 bits per heavy atom. The number of aliphatic imine (C=N–C) groups is 1. The Hall–Kier alpha value is -3.18. The van der Waals surface area contributed by atoms with E-state index in [-0.39, 0.29) is 22.6 Å². The lowest BCUT2D eigenvalue weighted by molar-refractivity contribution is -0.118. The SMILES string of the molecule is CC(C)[C@H](N=C1NS(=O)(=O)c2ccccc21)C(=O)Nc1nc2cc3c(cc2s1)OCCO3. The molecule has 2 aromatic carbocycles. The van der Waals surface area contributed by atoms with Crippen molar-refractivity contribution >= 4 is 48.5 Å². The number of hydrogen-bond acceptors (Lipinski definition) is 8. The zero-order valence-electron chi connectivity index (χ0n) is 17.3. The lowest BCUT2D eigenvalue weighted by Gasteiger charge is -2.17. The van der Waals surface area contributed by atoms with Crippen molar-refractivity contribution in [1.29, 1.82) is 0 Å². The van der Waals surface area contributed by atoms with Crippen molar-refractivity contribution < 1.29 is 22.7 Å². The summed E-state index contributed by atoms with van der Waals surface area (Å²) in [5.74, 6) is 0.908. The topological polar surface area (TPSA) is 119 Å². The van der Waals surface area contributed by atoms with Gasteiger partial charge in [-0.15, -0.1) is 0 Å². The van der Waals surface area contributed by atoms with E-state index in [2.05, 4.69) is 20.0 Å². The van der Waals surface area contributed by atoms with Gasteiger partial charge in [-0.2, -0.15) is 0 Å². The fraction of sp³-hybridized carbons (Fsp3) is 0.286. The molecule has 0 saturated heterocycles. The number of sulfonamides is 1. The minimum absolute atomic E-state index is 0.154. The molecule has 5 rings (SSSR count). The van der Waals surface area contributed by atoms with Crippen LogP contribution >= 0.6 is 11.3 Å². The van der Waals surface area contributed by atoms with Gasteiger partial charge in [-0.25, -0.2) is 13.4 Å². The van der Waals surface area contributed by atoms with E-state index in [0.29, 0.717) is 40.9 Å². The van der Waals surface area contributed by atoms with E-state index >= 15 is 0 Å². The molecule has 0 bridgehead atoms. The predicted molar refractivity (Wildman–Crippen MR) is 121 cm³/mol. The van der Waals surface area contributed by atoms with Gasteiger partial charge in [0.1, 0.15) is 25.1 Å². The number of anilines is 1. The molecule has 1 atom stereocenters. The van der Waals surface area contributed by atoms with Crippen LogP contribution < -0.4 is 19.5 Å². The number of benzene rings is 2. The number of nitrogens with one attached hydrogen (secondary N) is 2. The maximum atomic E-state index is 13.1. The highest BCUT2D eigenvalue weighted by Crippen LogP contribution is 2.38. The third kappa shape index (κ3) is 3.67. The van der Waals surface area contributed by atoms with Gasteiger partial charge in [-0.1, -0.05) is 37.3 Å². The molecule has 2 aliphatic rings. The van der Waals surface area contributed by atoms with E-state index in [0.717, 1.165) is 4.70 Å². The highest BCUT2D eigenvalue weighted by atomic mass is 32.2. The molecule has 1 amide bonds. The molecular weight excluding hydrogens is 452 g/mol. The number of fused-ring (bicyclic) bond motifs is 3. The van der Waals surface area contributed by atoms with Gasteiger partial charge in [0.2, 0.25) is 0 Å². The first-order chi connectivity index (χ1) is 15.3. The number of nitrogens with zero attached hydrogens (tertiary/aromatic N) is 2. The van der Waals surface area contributed by atoms with Gasteiger partial charge >= 0.3 is 0 Å². The summed E-state index contributed by atoms with van der Waals surface area (Å²) >= 11 is 1.32. The molecule has 32 heavy (non-hydrogen) atoms. The van der Waals surface area contributed by atoms with Crippen LogP contribution in [-0.2, 0) is 14.8 Å². The zero-order valence-corrected chi connectivity index (χ0v) is 18.9. The van der Waals surface area contributed by atoms with Gasteiger partial charge in [0, 0.05) is 17.7 Å². The number of thiazole rings is 1. The summed E-state index contributed by atoms with van der Waals surface area (Å²) in [6.07, 6.45) is 0. The molecule has 0 aliphatic carbocycles. The Labute approximate surface area is 188 Å². The first-order valence-electron chi connectivity index (χ1n) is 10.0. The van der Waals surface area contributed by atoms with Gasteiger partial charge < -0.3 is 14.8 Å². The van der Waals surface area contributed by atoms with Crippen LogP contribution in [0.4, 0.5) is 5.13 Å². The second kappa shape index (κ2) is 7.75. The van der Waals surface area contributed by atoms with E-state index in [9.17, 15) is 13.2 Å². The lowest BCUT2D eigenvalue weighted by atomic mass is 10.0. The first-order valence-corrected chi connectivity index (χ1v) is 12.3. The number of amides is 1. The maximum Gasteiger partial charge on any atom is 0.263 e. The average molecular weight is 473 g/mol. The molecule has 0 saturated carbocycles. The van der Waals surface area contributed by atoms with E-state index in [4.69, 9.17) is 9.47 Å². The molecule has 0 unspecified atom stereocenters. The normalized spacial score (nSPS) is 18.4. The van der Waals surface area contributed by atoms with Crippen molar-refractivity contribution in [3.05, 3.63) is 42.0 Å². The van der Waals surface area contributed by atoms with Gasteiger partial charge in [-0.3, -0.25) is 14.5 Å². The van der Waals surface area contributed by atoms with Gasteiger partial charge in [-0.05, 0) is 18.1 Å². The molecule has 0 spiro atoms. The second-order valence-corrected chi connectivity index (χ2v) is 10.4. The summed E-state index contributed by atoms with van der Waals surface area (Å²) in [7, 11) is -3.68. The van der Waals surface area contributed by atoms with Crippen molar-refractivity contribution in [2.45, 2.75) is 24.8 Å². The summed E-state index contributed by atoms with van der Waals surface area (Å²) in [5.41, 5.74) is 1.15. The highest BCUT2D eigenvalue weighted by Gasteiger charge is 2.33. The smallest absolute Gasteiger partial charge is 0.263 e. The van der Waals surface area contributed by atoms with Crippen molar-refractivity contribution in [1.82, 2.24) is 9.71 Å². The summed E-state index contributed by atoms with van der Waals surface area (Å²) in [5, 5.41) is 3.25. The quantitative estimate of drug-likeness (QED) is 0.603. The third-order valence-corrected chi connectivity index (χ3v) is 7.44. The minimum Gasteiger partial charge on any atom is -0.486 e. The van der Waals surface area contributed by atoms with E-state index in [1.165, 1.54) is 17.4 Å². The Bertz CT molecular complexity index is 1320. The van der Waals surface area contributed by atoms with Crippen LogP contribution in [-0.4, -0.2) is 44.4 Å². The minimum atomic E-state index is -3.68. The largest absolute Gasteiger partial charge is 0.486 e. The number of aromatic nitrogens is 1. The van der Waals surface area contributed by atoms with Crippen molar-refractivity contribution in [3.8, 4) is 11.5 Å². The van der Waals surface area contributed by atoms with Crippen LogP contribution in [0.25, 0.3) is 10.2 Å². The molecule has 3 aromatic rings. The van der Waals surface area contributed by atoms with E-state index in [1.807, 2.05) is 19.9 Å². The average Bonchev–Trinajstić information content (AvgIpc) is 3.26. The monoisotopic (exact) mass is 472 g/mol. The molecular formula is C21H20N4O5S2. The molecule has 2 N–H and O–H groups in total. The molecule has 11 heteroatoms. The van der Waals surface area contributed by atoms with Gasteiger partial charge in [0.25, 0.3) is 15.9 Å². The maximum absolute atomic E-state index is 13.1. The number of hydrogen-bond donors (Lipinski definition) is 2. The zero-order chi connectivity index (χ0) is 22.5. The van der Waals surface area contributed by atoms with Crippen LogP contribution in [0, 0.1) is 5.92 Å². The summed E-state index contributed by atoms with van der Waals surface area (Å²) in [6.45, 7) is 4.68. The predicted octanol–water partition coefficient (Wildman–Crippen LogP) is 2.77. The molecule has 0 fully saturated rings. The van der Waals surface area contributed by atoms with Crippen LogP contribution in [0.5, 0.6) is 11.5 Å². The van der Waals surface area contributed by atoms with Gasteiger partial charge in [0.05, 0.1) is 15.1 Å². The van der Waals surface area contributed by atoms with Crippen molar-refractivity contribution in [2.24, 2.45) is 10.9 Å². The Morgan fingerprint density at radius 2 is 1.91 bits per heavy atom. The molecule has 166 valence electrons. The highest BCUT2D eigenvalue weighted by molar-refractivity contribution is 7.90. The van der Waals surface area contributed by atoms with Gasteiger partial charge in [0.15, 0.2) is 16.6 Å². The summed E-state index contributed by atoms with van der Waals surface area (Å²) < 4.78 is 39.2. The molecule has 3 heterocycles. The van der Waals surface area contributed by atoms with Crippen LogP contribution in [0.2, 0.25) is 0 Å². The molecule has 9 nitrogen and oxygen atoms in total. The van der Waals surface area contributed by atoms with Crippen LogP contribution in [0.3, 0.4) is 0 Å². The van der Waals surface area contributed by atoms with E-state index < -0.39 is 16.1 Å². The molecule has 2 aliphatic heterocycles. The van der Waals surface area contributed by atoms with Crippen LogP contribution in [0.15, 0.2) is 46.3 Å². The Kier molecular flexibility index (Phi) is 5.01. The molecule has 1 aromatic heterocycles. The lowest BCUT2D eigenvalue weighted by Crippen LogP contribution is -2.34. The number of carbonyl (C=O) groups excluding carboxylic acids is 1. The third-order valence-electron chi connectivity index (χ3n) is 5.11. The van der Waals surface area contributed by atoms with Crippen molar-refractivity contribution in [3.63, 3.8) is 0 Å². The second-order valence-electron chi connectivity index (χ2n) is 7.74. The number of rotatable bonds is 4. The number of ether oxygens (including phenoxy) is 2. The van der Waals surface area contributed by atoms with E-state index in [1.54, 1.807) is 24.3 Å². The summed E-state index contributed by atoms with van der Waals surface area (Å²) in [6, 6.07) is 9.39. The fourth-order valence-electron chi connectivity index (χ4n) is 3.58. The number of amidine groups is 1. The molecule has 0 radical (unpaired) electrons. The van der Waals surface area contributed by atoms with Crippen LogP contribution in [0.1, 0.15) is 19.4 Å². The fourth-order valence-corrected chi connectivity index (χ4v) is 5.70. The number of carbonyl (C=O) groups is 1. The van der Waals surface area contributed by atoms with Crippen molar-refractivity contribution in [2.75, 3.05) is 18.5 Å². The Balaban J connectivity index is 1.43.